The summed E-state index contributed by atoms with van der Waals surface area (Å²) >= 11 is 0. The smallest absolute Gasteiger partial charge is 0.433 e. The Morgan fingerprint density at radius 3 is 1.40 bits per heavy atom. The molecule has 4 heterocycles. The topological polar surface area (TPSA) is 105 Å². The minimum absolute atomic E-state index is 0.00822. The van der Waals surface area contributed by atoms with Crippen molar-refractivity contribution in [1.29, 1.82) is 0 Å². The molecule has 0 aromatic heterocycles. The molecule has 16 atom stereocenters. The van der Waals surface area contributed by atoms with Crippen LogP contribution in [0.1, 0.15) is 196 Å². The number of unbranched alkanes of at least 4 members (excludes halogenated alkanes) is 2. The second-order valence-corrected chi connectivity index (χ2v) is 25.5. The van der Waals surface area contributed by atoms with Gasteiger partial charge in [0.15, 0.2) is 22.1 Å². The van der Waals surface area contributed by atoms with Gasteiger partial charge in [-0.25, -0.2) is 0 Å². The fourth-order valence-corrected chi connectivity index (χ4v) is 17.1. The van der Waals surface area contributed by atoms with Gasteiger partial charge >= 0.3 is 8.07 Å². The van der Waals surface area contributed by atoms with Crippen LogP contribution in [0.25, 0.3) is 0 Å². The van der Waals surface area contributed by atoms with E-state index in [9.17, 15) is 0 Å². The van der Waals surface area contributed by atoms with Crippen molar-refractivity contribution in [2.24, 2.45) is 55.5 Å². The van der Waals surface area contributed by atoms with Gasteiger partial charge in [0, 0.05) is 13.2 Å². The van der Waals surface area contributed by atoms with E-state index in [4.69, 9.17) is 48.4 Å². The first-order valence-electron chi connectivity index (χ1n) is 27.0. The van der Waals surface area contributed by atoms with Gasteiger partial charge in [0.2, 0.25) is 0 Å². The van der Waals surface area contributed by atoms with Gasteiger partial charge in [0.1, 0.15) is 24.4 Å². The molecule has 5 fully saturated rings. The molecule has 63 heavy (non-hydrogen) atoms. The molecule has 0 aromatic carbocycles. The molecule has 16 unspecified atom stereocenters. The Balaban J connectivity index is 1.05. The second-order valence-electron chi connectivity index (χ2n) is 22.3. The first-order chi connectivity index (χ1) is 30.8. The Hall–Kier alpha value is -1.98. The predicted octanol–water partition coefficient (Wildman–Crippen LogP) is 11.3. The monoisotopic (exact) mass is 891 g/mol. The predicted molar refractivity (Wildman–Crippen MR) is 255 cm³/mol. The first kappa shape index (κ1) is 46.1. The van der Waals surface area contributed by atoms with Crippen LogP contribution in [0.3, 0.4) is 0 Å². The molecular formula is C52H86N4O6Si. The Labute approximate surface area is 382 Å². The summed E-state index contributed by atoms with van der Waals surface area (Å²) < 4.78 is 42.7. The number of fused-ring (bicyclic) bond motifs is 4. The van der Waals surface area contributed by atoms with E-state index in [0.29, 0.717) is 23.7 Å². The largest absolute Gasteiger partial charge is 0.478 e. The van der Waals surface area contributed by atoms with Crippen molar-refractivity contribution in [2.45, 2.75) is 256 Å². The highest BCUT2D eigenvalue weighted by Crippen LogP contribution is 2.46. The Kier molecular flexibility index (Phi) is 15.3. The van der Waals surface area contributed by atoms with Gasteiger partial charge in [-0.3, -0.25) is 20.0 Å². The van der Waals surface area contributed by atoms with Gasteiger partial charge in [-0.2, -0.15) is 0 Å². The van der Waals surface area contributed by atoms with E-state index in [-0.39, 0.29) is 60.8 Å². The maximum Gasteiger partial charge on any atom is 0.433 e. The van der Waals surface area contributed by atoms with E-state index < -0.39 is 8.07 Å². The molecule has 0 bridgehead atoms. The standard InChI is InChI=1S/C52H86N4O6Si/c1-7-11-15-35(9-3)31-57-39-20-24-47-43(29-39)55-51(61-47)63(49-53-41-27-34(6)18-22-45(41)59-49,50-54-42-28-38(19-23-46(42)60-50)37-17-13-14-33(5)26-37)52-56-44-30-40(21-25-48(44)62-52)58-32-36(10-4)16-12-8-2/h33-48H,7-32H2,1-6H3. The zero-order chi connectivity index (χ0) is 43.5. The molecule has 0 aromatic rings. The first-order valence-corrected chi connectivity index (χ1v) is 29.0. The highest BCUT2D eigenvalue weighted by Gasteiger charge is 2.69. The van der Waals surface area contributed by atoms with Crippen LogP contribution in [-0.4, -0.2) is 104 Å². The molecule has 10 nitrogen and oxygen atoms in total. The summed E-state index contributed by atoms with van der Waals surface area (Å²) in [5.41, 5.74) is 2.93. The second kappa shape index (κ2) is 20.9. The minimum atomic E-state index is -3.64. The van der Waals surface area contributed by atoms with Crippen LogP contribution in [-0.2, 0) is 28.4 Å². The highest BCUT2D eigenvalue weighted by molar-refractivity contribution is 7.53. The normalized spacial score (nSPS) is 40.2. The van der Waals surface area contributed by atoms with Crippen molar-refractivity contribution in [2.75, 3.05) is 13.2 Å². The summed E-state index contributed by atoms with van der Waals surface area (Å²) in [6, 6.07) is 0.248. The number of nitrogens with zero attached hydrogens (tertiary/aromatic N) is 4. The maximum absolute atomic E-state index is 7.35. The van der Waals surface area contributed by atoms with E-state index in [1.807, 2.05) is 0 Å². The van der Waals surface area contributed by atoms with Crippen LogP contribution < -0.4 is 0 Å². The van der Waals surface area contributed by atoms with Crippen molar-refractivity contribution in [3.05, 3.63) is 0 Å². The molecule has 9 aliphatic rings. The summed E-state index contributed by atoms with van der Waals surface area (Å²) in [6.07, 6.45) is 27.8. The van der Waals surface area contributed by atoms with Crippen molar-refractivity contribution in [3.8, 4) is 0 Å². The van der Waals surface area contributed by atoms with E-state index in [1.54, 1.807) is 0 Å². The van der Waals surface area contributed by atoms with Crippen molar-refractivity contribution < 1.29 is 28.4 Å². The Morgan fingerprint density at radius 1 is 0.492 bits per heavy atom. The highest BCUT2D eigenvalue weighted by atomic mass is 28.3. The lowest BCUT2D eigenvalue weighted by atomic mass is 9.69. The lowest BCUT2D eigenvalue weighted by molar-refractivity contribution is -0.0174. The van der Waals surface area contributed by atoms with Gasteiger partial charge in [-0.15, -0.1) is 0 Å². The van der Waals surface area contributed by atoms with Crippen LogP contribution in [0.2, 0.25) is 0 Å². The van der Waals surface area contributed by atoms with E-state index in [2.05, 4.69) is 41.5 Å². The summed E-state index contributed by atoms with van der Waals surface area (Å²) in [4.78, 5) is 22.8. The summed E-state index contributed by atoms with van der Waals surface area (Å²) in [5.74, 6) is 4.16. The Morgan fingerprint density at radius 2 is 0.921 bits per heavy atom. The molecule has 5 saturated carbocycles. The van der Waals surface area contributed by atoms with Gasteiger partial charge in [0.25, 0.3) is 0 Å². The molecule has 354 valence electrons. The van der Waals surface area contributed by atoms with E-state index >= 15 is 0 Å². The van der Waals surface area contributed by atoms with Crippen LogP contribution in [0.4, 0.5) is 0 Å². The summed E-state index contributed by atoms with van der Waals surface area (Å²) in [5, 5.41) is 0. The van der Waals surface area contributed by atoms with Gasteiger partial charge in [-0.1, -0.05) is 99.3 Å². The van der Waals surface area contributed by atoms with Crippen LogP contribution in [0.5, 0.6) is 0 Å². The van der Waals surface area contributed by atoms with E-state index in [1.165, 1.54) is 83.5 Å². The average Bonchev–Trinajstić information content (AvgIpc) is 4.11. The average molecular weight is 891 g/mol. The third-order valence-electron chi connectivity index (χ3n) is 17.6. The third-order valence-corrected chi connectivity index (χ3v) is 21.1. The molecule has 9 rings (SSSR count). The number of ether oxygens (including phenoxy) is 6. The number of hydrogen-bond acceptors (Lipinski definition) is 10. The van der Waals surface area contributed by atoms with Crippen molar-refractivity contribution in [3.63, 3.8) is 0 Å². The molecule has 0 saturated heterocycles. The zero-order valence-corrected chi connectivity index (χ0v) is 41.4. The summed E-state index contributed by atoms with van der Waals surface area (Å²) in [6.45, 7) is 15.7. The van der Waals surface area contributed by atoms with Crippen molar-refractivity contribution >= 4 is 30.2 Å². The summed E-state index contributed by atoms with van der Waals surface area (Å²) in [7, 11) is -3.64. The zero-order valence-electron chi connectivity index (χ0n) is 40.4. The van der Waals surface area contributed by atoms with E-state index in [0.717, 1.165) is 118 Å². The molecule has 0 N–H and O–H groups in total. The number of hydrogen-bond donors (Lipinski definition) is 0. The molecule has 0 radical (unpaired) electrons. The van der Waals surface area contributed by atoms with Gasteiger partial charge in [0.05, 0.1) is 36.4 Å². The molecule has 5 aliphatic carbocycles. The number of rotatable bonds is 19. The fourth-order valence-electron chi connectivity index (χ4n) is 13.3. The molecule has 0 amide bonds. The van der Waals surface area contributed by atoms with Crippen LogP contribution in [0.15, 0.2) is 20.0 Å². The number of aliphatic imine (C=N–C) groups is 4. The lowest BCUT2D eigenvalue weighted by Gasteiger charge is -2.38. The quantitative estimate of drug-likeness (QED) is 0.120. The van der Waals surface area contributed by atoms with Gasteiger partial charge < -0.3 is 28.4 Å². The fraction of sp³-hybridized carbons (Fsp3) is 0.923. The van der Waals surface area contributed by atoms with Gasteiger partial charge in [-0.05, 0) is 132 Å². The van der Waals surface area contributed by atoms with Crippen LogP contribution >= 0.6 is 0 Å². The molecule has 11 heteroatoms. The minimum Gasteiger partial charge on any atom is -0.478 e. The molecule has 0 spiro atoms. The maximum atomic E-state index is 7.35. The lowest BCUT2D eigenvalue weighted by Crippen LogP contribution is -2.67. The molecule has 4 aliphatic heterocycles. The SMILES string of the molecule is CCCCC(CC)COC1CCC2OC([Si](C3=NC4CC(C)CCC4O3)(C3=NC4CC(OCC(CC)CCCC)CCC4O3)C3=NC4CC(C5CCCC(C)C5)CCC4O3)=NC2C1. The third kappa shape index (κ3) is 10.0. The Bertz CT molecular complexity index is 1590. The van der Waals surface area contributed by atoms with Crippen LogP contribution in [0, 0.1) is 35.5 Å². The molecular weight excluding hydrogens is 805 g/mol. The van der Waals surface area contributed by atoms with Crippen molar-refractivity contribution in [1.82, 2.24) is 0 Å².